The van der Waals surface area contributed by atoms with Gasteiger partial charge in [-0.05, 0) is 42.0 Å². The summed E-state index contributed by atoms with van der Waals surface area (Å²) >= 11 is 0. The fourth-order valence-electron chi connectivity index (χ4n) is 3.35. The maximum Gasteiger partial charge on any atom is 0.233 e. The zero-order chi connectivity index (χ0) is 18.6. The highest BCUT2D eigenvalue weighted by molar-refractivity contribution is 5.85. The molecule has 2 aromatic carbocycles. The number of rotatable bonds is 6. The summed E-state index contributed by atoms with van der Waals surface area (Å²) in [5.41, 5.74) is 2.07. The second-order valence-electron chi connectivity index (χ2n) is 6.74. The van der Waals surface area contributed by atoms with Crippen LogP contribution in [-0.2, 0) is 4.74 Å². The quantitative estimate of drug-likeness (QED) is 0.670. The molecule has 2 heterocycles. The summed E-state index contributed by atoms with van der Waals surface area (Å²) in [5, 5.41) is 6.92. The first-order valence-corrected chi connectivity index (χ1v) is 9.31. The van der Waals surface area contributed by atoms with Crippen molar-refractivity contribution < 1.29 is 14.2 Å². The van der Waals surface area contributed by atoms with Gasteiger partial charge in [-0.3, -0.25) is 4.90 Å². The van der Waals surface area contributed by atoms with Gasteiger partial charge in [0.1, 0.15) is 12.4 Å². The van der Waals surface area contributed by atoms with Crippen LogP contribution in [0.25, 0.3) is 16.5 Å². The van der Waals surface area contributed by atoms with Crippen molar-refractivity contribution in [3.05, 3.63) is 48.2 Å². The zero-order valence-corrected chi connectivity index (χ0v) is 15.9. The number of fused-ring (bicyclic) bond motifs is 1. The number of ether oxygens (including phenoxy) is 3. The fraction of sp³-hybridized carbons (Fsp3) is 0.381. The molecular weight excluding hydrogens is 342 g/mol. The Morgan fingerprint density at radius 3 is 2.63 bits per heavy atom. The Hall–Kier alpha value is -2.57. The smallest absolute Gasteiger partial charge is 0.233 e. The maximum atomic E-state index is 5.88. The molecular formula is C21H25N3O3. The lowest BCUT2D eigenvalue weighted by Crippen LogP contribution is -2.38. The van der Waals surface area contributed by atoms with Crippen LogP contribution >= 0.6 is 0 Å². The number of nitrogens with zero attached hydrogens (tertiary/aromatic N) is 3. The van der Waals surface area contributed by atoms with E-state index >= 15 is 0 Å². The predicted octanol–water partition coefficient (Wildman–Crippen LogP) is 3.05. The minimum atomic E-state index is 0.633. The highest BCUT2D eigenvalue weighted by Crippen LogP contribution is 2.24. The van der Waals surface area contributed by atoms with E-state index in [1.807, 2.05) is 29.8 Å². The van der Waals surface area contributed by atoms with E-state index in [0.717, 1.165) is 60.8 Å². The molecule has 1 fully saturated rings. The summed E-state index contributed by atoms with van der Waals surface area (Å²) in [4.78, 5) is 2.35. The van der Waals surface area contributed by atoms with E-state index in [1.165, 1.54) is 0 Å². The average Bonchev–Trinajstić information content (AvgIpc) is 3.08. The molecule has 0 N–H and O–H groups in total. The summed E-state index contributed by atoms with van der Waals surface area (Å²) < 4.78 is 18.5. The van der Waals surface area contributed by atoms with Crippen molar-refractivity contribution in [2.45, 2.75) is 6.92 Å². The minimum Gasteiger partial charge on any atom is -0.497 e. The lowest BCUT2D eigenvalue weighted by atomic mass is 10.1. The molecule has 0 spiro atoms. The van der Waals surface area contributed by atoms with Crippen molar-refractivity contribution in [2.75, 3.05) is 46.6 Å². The number of morpholine rings is 1. The molecule has 0 atom stereocenters. The molecule has 1 saturated heterocycles. The molecule has 6 heteroatoms. The largest absolute Gasteiger partial charge is 0.497 e. The van der Waals surface area contributed by atoms with Gasteiger partial charge >= 0.3 is 0 Å². The van der Waals surface area contributed by atoms with Gasteiger partial charge in [-0.25, -0.2) is 4.68 Å². The number of methoxy groups -OCH3 is 1. The van der Waals surface area contributed by atoms with Gasteiger partial charge in [0.25, 0.3) is 0 Å². The first-order valence-electron chi connectivity index (χ1n) is 9.31. The van der Waals surface area contributed by atoms with Gasteiger partial charge in [0.05, 0.1) is 26.0 Å². The summed E-state index contributed by atoms with van der Waals surface area (Å²) in [6.07, 6.45) is 0. The van der Waals surface area contributed by atoms with Crippen LogP contribution < -0.4 is 9.47 Å². The van der Waals surface area contributed by atoms with Gasteiger partial charge in [0.15, 0.2) is 0 Å². The standard InChI is InChI=1S/C21H25N3O3/c1-16-13-21(27-12-9-23-7-10-26-11-8-23)22-24(16)19-5-3-18-15-20(25-2)6-4-17(18)14-19/h3-6,13-15H,7-12H2,1-2H3. The number of hydrogen-bond acceptors (Lipinski definition) is 5. The van der Waals surface area contributed by atoms with E-state index in [2.05, 4.69) is 34.3 Å². The van der Waals surface area contributed by atoms with Crippen LogP contribution in [0.4, 0.5) is 0 Å². The third kappa shape index (κ3) is 4.07. The Balaban J connectivity index is 1.46. The molecule has 0 aliphatic carbocycles. The van der Waals surface area contributed by atoms with Gasteiger partial charge in [-0.15, -0.1) is 5.10 Å². The molecule has 0 radical (unpaired) electrons. The van der Waals surface area contributed by atoms with Crippen LogP contribution in [0.2, 0.25) is 0 Å². The summed E-state index contributed by atoms with van der Waals surface area (Å²) in [6, 6.07) is 14.4. The van der Waals surface area contributed by atoms with Crippen molar-refractivity contribution in [3.63, 3.8) is 0 Å². The normalized spacial score (nSPS) is 15.2. The third-order valence-corrected chi connectivity index (χ3v) is 4.90. The molecule has 1 aliphatic heterocycles. The molecule has 0 bridgehead atoms. The number of aryl methyl sites for hydroxylation is 1. The Morgan fingerprint density at radius 2 is 1.81 bits per heavy atom. The lowest BCUT2D eigenvalue weighted by Gasteiger charge is -2.26. The van der Waals surface area contributed by atoms with E-state index in [9.17, 15) is 0 Å². The summed E-state index contributed by atoms with van der Waals surface area (Å²) in [7, 11) is 1.68. The van der Waals surface area contributed by atoms with E-state index in [-0.39, 0.29) is 0 Å². The van der Waals surface area contributed by atoms with Crippen molar-refractivity contribution in [1.82, 2.24) is 14.7 Å². The van der Waals surface area contributed by atoms with Gasteiger partial charge in [0, 0.05) is 31.4 Å². The Morgan fingerprint density at radius 1 is 1.04 bits per heavy atom. The molecule has 6 nitrogen and oxygen atoms in total. The zero-order valence-electron chi connectivity index (χ0n) is 15.9. The summed E-state index contributed by atoms with van der Waals surface area (Å²) in [6.45, 7) is 7.13. The Labute approximate surface area is 159 Å². The second-order valence-corrected chi connectivity index (χ2v) is 6.74. The monoisotopic (exact) mass is 367 g/mol. The summed E-state index contributed by atoms with van der Waals surface area (Å²) in [5.74, 6) is 1.53. The van der Waals surface area contributed by atoms with Crippen LogP contribution in [0.3, 0.4) is 0 Å². The molecule has 142 valence electrons. The number of hydrogen-bond donors (Lipinski definition) is 0. The number of benzene rings is 2. The second kappa shape index (κ2) is 7.98. The highest BCUT2D eigenvalue weighted by atomic mass is 16.5. The molecule has 3 aromatic rings. The maximum absolute atomic E-state index is 5.88. The molecule has 1 aromatic heterocycles. The van der Waals surface area contributed by atoms with Gasteiger partial charge < -0.3 is 14.2 Å². The van der Waals surface area contributed by atoms with Crippen LogP contribution in [0.15, 0.2) is 42.5 Å². The fourth-order valence-corrected chi connectivity index (χ4v) is 3.35. The first-order chi connectivity index (χ1) is 13.2. The van der Waals surface area contributed by atoms with Gasteiger partial charge in [-0.1, -0.05) is 12.1 Å². The van der Waals surface area contributed by atoms with Crippen LogP contribution in [0.5, 0.6) is 11.6 Å². The predicted molar refractivity (Wildman–Crippen MR) is 105 cm³/mol. The topological polar surface area (TPSA) is 48.8 Å². The van der Waals surface area contributed by atoms with E-state index in [1.54, 1.807) is 7.11 Å². The van der Waals surface area contributed by atoms with Gasteiger partial charge in [-0.2, -0.15) is 0 Å². The van der Waals surface area contributed by atoms with Crippen LogP contribution in [-0.4, -0.2) is 61.2 Å². The molecule has 0 unspecified atom stereocenters. The molecule has 4 rings (SSSR count). The van der Waals surface area contributed by atoms with E-state index in [4.69, 9.17) is 14.2 Å². The SMILES string of the molecule is COc1ccc2cc(-n3nc(OCCN4CCOCC4)cc3C)ccc2c1. The minimum absolute atomic E-state index is 0.633. The van der Waals surface area contributed by atoms with Crippen LogP contribution in [0.1, 0.15) is 5.69 Å². The molecule has 1 aliphatic rings. The van der Waals surface area contributed by atoms with Crippen molar-refractivity contribution >= 4 is 10.8 Å². The Kier molecular flexibility index (Phi) is 5.27. The van der Waals surface area contributed by atoms with Crippen molar-refractivity contribution in [3.8, 4) is 17.3 Å². The highest BCUT2D eigenvalue weighted by Gasteiger charge is 2.12. The Bertz CT molecular complexity index is 916. The van der Waals surface area contributed by atoms with Gasteiger partial charge in [0.2, 0.25) is 5.88 Å². The van der Waals surface area contributed by atoms with Crippen LogP contribution in [0, 0.1) is 6.92 Å². The number of aromatic nitrogens is 2. The molecule has 0 saturated carbocycles. The average molecular weight is 367 g/mol. The van der Waals surface area contributed by atoms with Crippen molar-refractivity contribution in [1.29, 1.82) is 0 Å². The molecule has 27 heavy (non-hydrogen) atoms. The first kappa shape index (κ1) is 17.8. The third-order valence-electron chi connectivity index (χ3n) is 4.90. The lowest BCUT2D eigenvalue weighted by molar-refractivity contribution is 0.0320. The molecule has 0 amide bonds. The van der Waals surface area contributed by atoms with E-state index < -0.39 is 0 Å². The van der Waals surface area contributed by atoms with Crippen molar-refractivity contribution in [2.24, 2.45) is 0 Å². The van der Waals surface area contributed by atoms with E-state index in [0.29, 0.717) is 12.5 Å².